The van der Waals surface area contributed by atoms with Gasteiger partial charge in [-0.2, -0.15) is 5.10 Å². The molecule has 0 aliphatic heterocycles. The molecule has 22 heavy (non-hydrogen) atoms. The highest BCUT2D eigenvalue weighted by atomic mass is 16.1. The minimum absolute atomic E-state index is 0.0488. The summed E-state index contributed by atoms with van der Waals surface area (Å²) in [7, 11) is 2.01. The quantitative estimate of drug-likeness (QED) is 0.777. The number of hydrogen-bond acceptors (Lipinski definition) is 3. The zero-order chi connectivity index (χ0) is 15.1. The Bertz CT molecular complexity index is 889. The molecule has 0 unspecified atom stereocenters. The van der Waals surface area contributed by atoms with Crippen molar-refractivity contribution in [2.75, 3.05) is 5.32 Å². The van der Waals surface area contributed by atoms with E-state index in [0.29, 0.717) is 11.3 Å². The average molecular weight is 294 g/mol. The van der Waals surface area contributed by atoms with Crippen LogP contribution in [0.5, 0.6) is 0 Å². The van der Waals surface area contributed by atoms with Crippen molar-refractivity contribution >= 4 is 16.5 Å². The van der Waals surface area contributed by atoms with Crippen LogP contribution in [-0.2, 0) is 13.6 Å². The summed E-state index contributed by atoms with van der Waals surface area (Å²) in [6.07, 6.45) is 6.17. The van der Waals surface area contributed by atoms with Crippen LogP contribution in [-0.4, -0.2) is 14.8 Å². The van der Waals surface area contributed by atoms with Crippen LogP contribution in [0.4, 0.5) is 5.69 Å². The Kier molecular flexibility index (Phi) is 2.99. The molecule has 0 saturated heterocycles. The van der Waals surface area contributed by atoms with Crippen molar-refractivity contribution in [3.63, 3.8) is 0 Å². The zero-order valence-corrected chi connectivity index (χ0v) is 12.5. The van der Waals surface area contributed by atoms with Crippen molar-refractivity contribution < 1.29 is 0 Å². The van der Waals surface area contributed by atoms with Gasteiger partial charge in [0, 0.05) is 48.0 Å². The van der Waals surface area contributed by atoms with Gasteiger partial charge < -0.3 is 10.3 Å². The summed E-state index contributed by atoms with van der Waals surface area (Å²) in [6.45, 7) is 0.758. The van der Waals surface area contributed by atoms with Gasteiger partial charge in [-0.1, -0.05) is 0 Å². The molecule has 0 spiro atoms. The molecule has 4 rings (SSSR count). The first-order valence-electron chi connectivity index (χ1n) is 7.58. The highest BCUT2D eigenvalue weighted by Gasteiger charge is 2.29. The lowest BCUT2D eigenvalue weighted by Gasteiger charge is -2.09. The Morgan fingerprint density at radius 2 is 2.23 bits per heavy atom. The van der Waals surface area contributed by atoms with Gasteiger partial charge in [0.2, 0.25) is 0 Å². The lowest BCUT2D eigenvalue weighted by Crippen LogP contribution is -2.06. The van der Waals surface area contributed by atoms with Crippen LogP contribution >= 0.6 is 0 Å². The van der Waals surface area contributed by atoms with E-state index in [9.17, 15) is 4.79 Å². The number of pyridine rings is 1. The Morgan fingerprint density at radius 3 is 3.05 bits per heavy atom. The monoisotopic (exact) mass is 294 g/mol. The molecule has 112 valence electrons. The highest BCUT2D eigenvalue weighted by molar-refractivity contribution is 5.84. The van der Waals surface area contributed by atoms with Gasteiger partial charge in [-0.3, -0.25) is 9.48 Å². The van der Waals surface area contributed by atoms with Crippen LogP contribution in [0.3, 0.4) is 0 Å². The van der Waals surface area contributed by atoms with Crippen LogP contribution in [0.25, 0.3) is 10.8 Å². The molecule has 0 bridgehead atoms. The summed E-state index contributed by atoms with van der Waals surface area (Å²) in [4.78, 5) is 14.4. The van der Waals surface area contributed by atoms with Crippen molar-refractivity contribution in [1.82, 2.24) is 14.8 Å². The number of nitrogens with one attached hydrogen (secondary N) is 2. The van der Waals surface area contributed by atoms with Crippen LogP contribution in [0, 0.1) is 0 Å². The molecule has 1 saturated carbocycles. The molecule has 2 heterocycles. The average Bonchev–Trinajstić information content (AvgIpc) is 3.29. The molecule has 0 amide bonds. The summed E-state index contributed by atoms with van der Waals surface area (Å²) < 4.78 is 1.99. The van der Waals surface area contributed by atoms with Crippen LogP contribution in [0.2, 0.25) is 0 Å². The molecule has 1 aromatic carbocycles. The van der Waals surface area contributed by atoms with Gasteiger partial charge in [0.1, 0.15) is 0 Å². The SMILES string of the molecule is Cn1ncc(CNc2ccc3c(=O)[nH]ccc3c2)c1C1CC1. The van der Waals surface area contributed by atoms with Gasteiger partial charge in [0.05, 0.1) is 6.20 Å². The maximum atomic E-state index is 11.7. The Balaban J connectivity index is 1.58. The first kappa shape index (κ1) is 13.1. The first-order valence-corrected chi connectivity index (χ1v) is 7.58. The van der Waals surface area contributed by atoms with Crippen molar-refractivity contribution in [1.29, 1.82) is 0 Å². The van der Waals surface area contributed by atoms with Crippen molar-refractivity contribution in [2.24, 2.45) is 7.05 Å². The summed E-state index contributed by atoms with van der Waals surface area (Å²) in [6, 6.07) is 7.74. The highest BCUT2D eigenvalue weighted by Crippen LogP contribution is 2.41. The molecule has 2 N–H and O–H groups in total. The lowest BCUT2D eigenvalue weighted by atomic mass is 10.1. The molecule has 1 aliphatic rings. The third-order valence-electron chi connectivity index (χ3n) is 4.28. The number of aryl methyl sites for hydroxylation is 1. The third-order valence-corrected chi connectivity index (χ3v) is 4.28. The minimum Gasteiger partial charge on any atom is -0.381 e. The van der Waals surface area contributed by atoms with E-state index >= 15 is 0 Å². The van der Waals surface area contributed by atoms with E-state index in [-0.39, 0.29) is 5.56 Å². The molecule has 5 nitrogen and oxygen atoms in total. The lowest BCUT2D eigenvalue weighted by molar-refractivity contribution is 0.710. The number of rotatable bonds is 4. The molecule has 3 aromatic rings. The molecular weight excluding hydrogens is 276 g/mol. The van der Waals surface area contributed by atoms with Gasteiger partial charge in [0.15, 0.2) is 0 Å². The topological polar surface area (TPSA) is 62.7 Å². The number of H-pyrrole nitrogens is 1. The molecule has 0 radical (unpaired) electrons. The smallest absolute Gasteiger partial charge is 0.255 e. The molecular formula is C17H18N4O. The van der Waals surface area contributed by atoms with E-state index in [1.165, 1.54) is 24.1 Å². The van der Waals surface area contributed by atoms with Crippen molar-refractivity contribution in [3.05, 3.63) is 58.3 Å². The fourth-order valence-corrected chi connectivity index (χ4v) is 3.01. The van der Waals surface area contributed by atoms with Gasteiger partial charge in [0.25, 0.3) is 5.56 Å². The van der Waals surface area contributed by atoms with E-state index in [0.717, 1.165) is 17.6 Å². The molecule has 2 aromatic heterocycles. The predicted octanol–water partition coefficient (Wildman–Crippen LogP) is 2.75. The molecule has 1 fully saturated rings. The van der Waals surface area contributed by atoms with E-state index in [4.69, 9.17) is 0 Å². The van der Waals surface area contributed by atoms with Crippen LogP contribution in [0.1, 0.15) is 30.0 Å². The summed E-state index contributed by atoms with van der Waals surface area (Å²) in [5, 5.41) is 9.49. The fraction of sp³-hybridized carbons (Fsp3) is 0.294. The number of fused-ring (bicyclic) bond motifs is 1. The second-order valence-electron chi connectivity index (χ2n) is 5.92. The van der Waals surface area contributed by atoms with Crippen LogP contribution in [0.15, 0.2) is 41.5 Å². The van der Waals surface area contributed by atoms with Gasteiger partial charge in [-0.15, -0.1) is 0 Å². The standard InChI is InChI=1S/C17H18N4O/c1-21-16(11-2-3-11)13(10-20-21)9-19-14-4-5-15-12(8-14)6-7-18-17(15)22/h4-8,10-11,19H,2-3,9H2,1H3,(H,18,22). The Morgan fingerprint density at radius 1 is 1.36 bits per heavy atom. The maximum Gasteiger partial charge on any atom is 0.255 e. The summed E-state index contributed by atoms with van der Waals surface area (Å²) in [5.74, 6) is 0.680. The normalized spacial score (nSPS) is 14.4. The summed E-state index contributed by atoms with van der Waals surface area (Å²) >= 11 is 0. The number of aromatic amines is 1. The van der Waals surface area contributed by atoms with E-state index in [1.807, 2.05) is 42.2 Å². The number of aromatic nitrogens is 3. The number of nitrogens with zero attached hydrogens (tertiary/aromatic N) is 2. The largest absolute Gasteiger partial charge is 0.381 e. The van der Waals surface area contributed by atoms with E-state index in [1.54, 1.807) is 6.20 Å². The molecule has 1 aliphatic carbocycles. The van der Waals surface area contributed by atoms with Gasteiger partial charge >= 0.3 is 0 Å². The Hall–Kier alpha value is -2.56. The van der Waals surface area contributed by atoms with Gasteiger partial charge in [-0.25, -0.2) is 0 Å². The minimum atomic E-state index is -0.0488. The van der Waals surface area contributed by atoms with Crippen molar-refractivity contribution in [3.8, 4) is 0 Å². The Labute approximate surface area is 128 Å². The van der Waals surface area contributed by atoms with E-state index < -0.39 is 0 Å². The fourth-order valence-electron chi connectivity index (χ4n) is 3.01. The second-order valence-corrected chi connectivity index (χ2v) is 5.92. The predicted molar refractivity (Wildman–Crippen MR) is 87.1 cm³/mol. The maximum absolute atomic E-state index is 11.7. The second kappa shape index (κ2) is 5.02. The molecule has 0 atom stereocenters. The third kappa shape index (κ3) is 2.28. The zero-order valence-electron chi connectivity index (χ0n) is 12.5. The first-order chi connectivity index (χ1) is 10.7. The van der Waals surface area contributed by atoms with Gasteiger partial charge in [-0.05, 0) is 42.5 Å². The van der Waals surface area contributed by atoms with E-state index in [2.05, 4.69) is 15.4 Å². The van der Waals surface area contributed by atoms with Crippen molar-refractivity contribution in [2.45, 2.75) is 25.3 Å². The van der Waals surface area contributed by atoms with Crippen LogP contribution < -0.4 is 10.9 Å². The number of hydrogen-bond donors (Lipinski definition) is 2. The summed E-state index contributed by atoms with van der Waals surface area (Å²) in [5.41, 5.74) is 3.58. The number of benzene rings is 1. The molecule has 5 heteroatoms. The number of anilines is 1.